The van der Waals surface area contributed by atoms with Gasteiger partial charge in [-0.3, -0.25) is 0 Å². The van der Waals surface area contributed by atoms with E-state index in [-0.39, 0.29) is 0 Å². The van der Waals surface area contributed by atoms with E-state index < -0.39 is 0 Å². The predicted molar refractivity (Wildman–Crippen MR) is 163 cm³/mol. The highest BCUT2D eigenvalue weighted by molar-refractivity contribution is 5.44. The summed E-state index contributed by atoms with van der Waals surface area (Å²) in [6.07, 6.45) is 27.7. The van der Waals surface area contributed by atoms with Crippen molar-refractivity contribution in [3.8, 4) is 11.8 Å². The lowest BCUT2D eigenvalue weighted by Gasteiger charge is -2.28. The van der Waals surface area contributed by atoms with Crippen LogP contribution < -0.4 is 0 Å². The summed E-state index contributed by atoms with van der Waals surface area (Å²) in [4.78, 5) is 0. The molecule has 200 valence electrons. The maximum absolute atomic E-state index is 3.36. The van der Waals surface area contributed by atoms with Gasteiger partial charge in [0, 0.05) is 11.1 Å². The SMILES string of the molecule is CC/C=C/CCCCc1ccc(C#Cc2ccc(CCC3CCC(CCCCCCC)CC3)cc2)cc1. The molecule has 2 aromatic carbocycles. The van der Waals surface area contributed by atoms with Crippen LogP contribution in [0.15, 0.2) is 60.7 Å². The minimum atomic E-state index is 0.941. The summed E-state index contributed by atoms with van der Waals surface area (Å²) >= 11 is 0. The molecule has 0 saturated heterocycles. The van der Waals surface area contributed by atoms with Crippen molar-refractivity contribution >= 4 is 0 Å². The van der Waals surface area contributed by atoms with Crippen LogP contribution in [-0.4, -0.2) is 0 Å². The van der Waals surface area contributed by atoms with Crippen LogP contribution >= 0.6 is 0 Å². The van der Waals surface area contributed by atoms with Crippen molar-refractivity contribution in [3.63, 3.8) is 0 Å². The van der Waals surface area contributed by atoms with Crippen molar-refractivity contribution in [2.75, 3.05) is 0 Å². The molecule has 1 aliphatic carbocycles. The van der Waals surface area contributed by atoms with E-state index in [2.05, 4.69) is 86.4 Å². The average Bonchev–Trinajstić information content (AvgIpc) is 2.94. The Hall–Kier alpha value is -2.26. The normalized spacial score (nSPS) is 17.6. The molecule has 0 aliphatic heterocycles. The molecule has 0 nitrogen and oxygen atoms in total. The molecule has 2 aromatic rings. The minimum absolute atomic E-state index is 0.941. The van der Waals surface area contributed by atoms with Crippen molar-refractivity contribution in [2.45, 2.75) is 123 Å². The summed E-state index contributed by atoms with van der Waals surface area (Å²) in [5, 5.41) is 0. The molecule has 0 heteroatoms. The number of aryl methyl sites for hydroxylation is 2. The maximum atomic E-state index is 3.36. The van der Waals surface area contributed by atoms with E-state index in [4.69, 9.17) is 0 Å². The molecule has 0 unspecified atom stereocenters. The van der Waals surface area contributed by atoms with Gasteiger partial charge in [-0.2, -0.15) is 0 Å². The zero-order chi connectivity index (χ0) is 26.0. The second kappa shape index (κ2) is 18.1. The fourth-order valence-corrected chi connectivity index (χ4v) is 5.75. The van der Waals surface area contributed by atoms with Crippen molar-refractivity contribution in [3.05, 3.63) is 82.9 Å². The van der Waals surface area contributed by atoms with E-state index >= 15 is 0 Å². The predicted octanol–water partition coefficient (Wildman–Crippen LogP) is 10.9. The Morgan fingerprint density at radius 1 is 0.595 bits per heavy atom. The molecule has 1 saturated carbocycles. The van der Waals surface area contributed by atoms with Gasteiger partial charge in [-0.15, -0.1) is 0 Å². The van der Waals surface area contributed by atoms with Crippen LogP contribution in [0.2, 0.25) is 0 Å². The first-order valence-electron chi connectivity index (χ1n) is 15.6. The van der Waals surface area contributed by atoms with Crippen LogP contribution in [0.25, 0.3) is 0 Å². The number of allylic oxidation sites excluding steroid dienone is 2. The quantitative estimate of drug-likeness (QED) is 0.131. The molecular formula is C37H52. The van der Waals surface area contributed by atoms with Crippen LogP contribution in [0.5, 0.6) is 0 Å². The van der Waals surface area contributed by atoms with E-state index in [0.717, 1.165) is 35.8 Å². The number of hydrogen-bond acceptors (Lipinski definition) is 0. The van der Waals surface area contributed by atoms with Crippen LogP contribution in [0.4, 0.5) is 0 Å². The molecule has 0 bridgehead atoms. The lowest BCUT2D eigenvalue weighted by molar-refractivity contribution is 0.248. The summed E-state index contributed by atoms with van der Waals surface area (Å²) in [6, 6.07) is 17.9. The Balaban J connectivity index is 1.33. The van der Waals surface area contributed by atoms with E-state index in [0.29, 0.717) is 0 Å². The van der Waals surface area contributed by atoms with Gasteiger partial charge >= 0.3 is 0 Å². The summed E-state index contributed by atoms with van der Waals surface area (Å²) < 4.78 is 0. The molecule has 0 radical (unpaired) electrons. The summed E-state index contributed by atoms with van der Waals surface area (Å²) in [6.45, 7) is 4.50. The van der Waals surface area contributed by atoms with Gasteiger partial charge < -0.3 is 0 Å². The number of rotatable bonds is 15. The molecule has 0 N–H and O–H groups in total. The maximum Gasteiger partial charge on any atom is 0.0249 e. The fourth-order valence-electron chi connectivity index (χ4n) is 5.75. The molecule has 0 atom stereocenters. The smallest absolute Gasteiger partial charge is 0.0249 e. The van der Waals surface area contributed by atoms with Crippen LogP contribution in [0.3, 0.4) is 0 Å². The highest BCUT2D eigenvalue weighted by Gasteiger charge is 2.20. The standard InChI is InChI=1S/C37H52/c1-3-5-7-9-11-13-15-33-18-22-35(23-19-33)25-27-37-30-28-36(29-31-37)26-24-34-20-16-32(17-21-34)14-12-10-8-6-4-2/h5,7,18-19,22-23,28-32,34H,3-4,6,8-17,20-21,24,26H2,1-2H3/b7-5+. The third-order valence-electron chi connectivity index (χ3n) is 8.27. The molecule has 1 fully saturated rings. The first-order valence-corrected chi connectivity index (χ1v) is 15.6. The first kappa shape index (κ1) is 29.3. The average molecular weight is 497 g/mol. The van der Waals surface area contributed by atoms with Crippen LogP contribution in [-0.2, 0) is 12.8 Å². The fraction of sp³-hybridized carbons (Fsp3) is 0.568. The molecule has 0 aromatic heterocycles. The third-order valence-corrected chi connectivity index (χ3v) is 8.27. The second-order valence-corrected chi connectivity index (χ2v) is 11.4. The Kier molecular flexibility index (Phi) is 14.3. The van der Waals surface area contributed by atoms with Crippen molar-refractivity contribution in [1.29, 1.82) is 0 Å². The van der Waals surface area contributed by atoms with Gasteiger partial charge in [0.05, 0.1) is 0 Å². The Labute approximate surface area is 229 Å². The zero-order valence-corrected chi connectivity index (χ0v) is 23.9. The third kappa shape index (κ3) is 12.2. The summed E-state index contributed by atoms with van der Waals surface area (Å²) in [5.74, 6) is 8.67. The molecule has 37 heavy (non-hydrogen) atoms. The Morgan fingerprint density at radius 3 is 1.76 bits per heavy atom. The molecule has 0 heterocycles. The first-order chi connectivity index (χ1) is 18.3. The number of benzene rings is 2. The van der Waals surface area contributed by atoms with Crippen LogP contribution in [0.1, 0.15) is 132 Å². The van der Waals surface area contributed by atoms with E-state index in [9.17, 15) is 0 Å². The van der Waals surface area contributed by atoms with Gasteiger partial charge in [0.2, 0.25) is 0 Å². The largest absolute Gasteiger partial charge is 0.0888 e. The molecular weight excluding hydrogens is 444 g/mol. The highest BCUT2D eigenvalue weighted by Crippen LogP contribution is 2.34. The van der Waals surface area contributed by atoms with Crippen molar-refractivity contribution < 1.29 is 0 Å². The van der Waals surface area contributed by atoms with E-state index in [1.54, 1.807) is 0 Å². The number of hydrogen-bond donors (Lipinski definition) is 0. The van der Waals surface area contributed by atoms with Crippen molar-refractivity contribution in [2.24, 2.45) is 11.8 Å². The van der Waals surface area contributed by atoms with Crippen LogP contribution in [0, 0.1) is 23.7 Å². The van der Waals surface area contributed by atoms with Gasteiger partial charge in [0.15, 0.2) is 0 Å². The van der Waals surface area contributed by atoms with Gasteiger partial charge in [0.1, 0.15) is 0 Å². The summed E-state index contributed by atoms with van der Waals surface area (Å²) in [7, 11) is 0. The number of unbranched alkanes of at least 4 members (excludes halogenated alkanes) is 6. The topological polar surface area (TPSA) is 0 Å². The highest BCUT2D eigenvalue weighted by atomic mass is 14.3. The van der Waals surface area contributed by atoms with Gasteiger partial charge in [-0.05, 0) is 92.2 Å². The van der Waals surface area contributed by atoms with Gasteiger partial charge in [-0.1, -0.05) is 126 Å². The summed E-state index contributed by atoms with van der Waals surface area (Å²) in [5.41, 5.74) is 5.12. The van der Waals surface area contributed by atoms with Gasteiger partial charge in [-0.25, -0.2) is 0 Å². The zero-order valence-electron chi connectivity index (χ0n) is 23.9. The van der Waals surface area contributed by atoms with Gasteiger partial charge in [0.25, 0.3) is 0 Å². The Morgan fingerprint density at radius 2 is 1.16 bits per heavy atom. The van der Waals surface area contributed by atoms with E-state index in [1.807, 2.05) is 0 Å². The lowest BCUT2D eigenvalue weighted by atomic mass is 9.77. The molecule has 1 aliphatic rings. The molecule has 0 spiro atoms. The van der Waals surface area contributed by atoms with E-state index in [1.165, 1.54) is 107 Å². The molecule has 3 rings (SSSR count). The van der Waals surface area contributed by atoms with Crippen molar-refractivity contribution in [1.82, 2.24) is 0 Å². The monoisotopic (exact) mass is 496 g/mol. The second-order valence-electron chi connectivity index (χ2n) is 11.4. The minimum Gasteiger partial charge on any atom is -0.0888 e. The Bertz CT molecular complexity index is 926. The lowest BCUT2D eigenvalue weighted by Crippen LogP contribution is -2.15. The molecule has 0 amide bonds.